The van der Waals surface area contributed by atoms with Gasteiger partial charge in [-0.2, -0.15) is 5.26 Å². The van der Waals surface area contributed by atoms with Crippen LogP contribution in [0.1, 0.15) is 32.7 Å². The third-order valence-corrected chi connectivity index (χ3v) is 7.37. The highest BCUT2D eigenvalue weighted by Crippen LogP contribution is 2.34. The number of allylic oxidation sites excluding steroid dienone is 1. The summed E-state index contributed by atoms with van der Waals surface area (Å²) in [6, 6.07) is 20.6. The largest absolute Gasteiger partial charge is 0.462 e. The second-order valence-corrected chi connectivity index (χ2v) is 9.59. The molecule has 0 amide bonds. The Hall–Kier alpha value is -3.73. The van der Waals surface area contributed by atoms with Crippen LogP contribution in [-0.4, -0.2) is 17.6 Å². The molecule has 0 fully saturated rings. The smallest absolute Gasteiger partial charge is 0.341 e. The summed E-state index contributed by atoms with van der Waals surface area (Å²) in [5.74, 6) is -0.366. The lowest BCUT2D eigenvalue weighted by Gasteiger charge is -2.05. The van der Waals surface area contributed by atoms with Gasteiger partial charge in [-0.15, -0.1) is 22.7 Å². The number of rotatable bonds is 7. The van der Waals surface area contributed by atoms with E-state index in [2.05, 4.69) is 40.6 Å². The minimum Gasteiger partial charge on any atom is -0.462 e. The molecule has 34 heavy (non-hydrogen) atoms. The molecule has 0 aliphatic heterocycles. The number of carbonyl (C=O) groups is 1. The lowest BCUT2D eigenvalue weighted by molar-refractivity contribution is 0.0527. The molecule has 0 aliphatic carbocycles. The van der Waals surface area contributed by atoms with Gasteiger partial charge < -0.3 is 10.1 Å². The number of thiophene rings is 1. The van der Waals surface area contributed by atoms with E-state index >= 15 is 0 Å². The van der Waals surface area contributed by atoms with Crippen LogP contribution in [0.15, 0.2) is 66.2 Å². The predicted octanol–water partition coefficient (Wildman–Crippen LogP) is 7.31. The summed E-state index contributed by atoms with van der Waals surface area (Å²) in [6.45, 7) is 5.94. The van der Waals surface area contributed by atoms with Gasteiger partial charge in [-0.3, -0.25) is 0 Å². The average Bonchev–Trinajstić information content (AvgIpc) is 3.45. The fourth-order valence-corrected chi connectivity index (χ4v) is 5.26. The van der Waals surface area contributed by atoms with Crippen LogP contribution in [0.4, 0.5) is 5.00 Å². The zero-order valence-electron chi connectivity index (χ0n) is 19.1. The van der Waals surface area contributed by atoms with Gasteiger partial charge in [0.05, 0.1) is 17.9 Å². The summed E-state index contributed by atoms with van der Waals surface area (Å²) < 4.78 is 5.20. The highest BCUT2D eigenvalue weighted by atomic mass is 32.1. The fraction of sp³-hybridized carbons (Fsp3) is 0.148. The van der Waals surface area contributed by atoms with Crippen LogP contribution in [0.25, 0.3) is 28.0 Å². The van der Waals surface area contributed by atoms with Crippen LogP contribution in [-0.2, 0) is 4.74 Å². The van der Waals surface area contributed by atoms with E-state index < -0.39 is 0 Å². The fourth-order valence-electron chi connectivity index (χ4n) is 3.45. The van der Waals surface area contributed by atoms with Crippen molar-refractivity contribution in [3.63, 3.8) is 0 Å². The number of nitrogens with zero attached hydrogens (tertiary/aromatic N) is 2. The summed E-state index contributed by atoms with van der Waals surface area (Å²) in [7, 11) is 0. The number of aromatic nitrogens is 1. The van der Waals surface area contributed by atoms with Crippen molar-refractivity contribution in [2.45, 2.75) is 20.8 Å². The number of benzene rings is 2. The molecule has 4 aromatic rings. The van der Waals surface area contributed by atoms with Gasteiger partial charge in [-0.05, 0) is 37.5 Å². The molecule has 2 aromatic carbocycles. The van der Waals surface area contributed by atoms with E-state index in [4.69, 9.17) is 4.74 Å². The predicted molar refractivity (Wildman–Crippen MR) is 140 cm³/mol. The number of hydrogen-bond donors (Lipinski definition) is 1. The molecule has 2 heterocycles. The van der Waals surface area contributed by atoms with Crippen LogP contribution in [0, 0.1) is 25.2 Å². The number of anilines is 1. The summed E-state index contributed by atoms with van der Waals surface area (Å²) >= 11 is 2.87. The Kier molecular flexibility index (Phi) is 7.21. The van der Waals surface area contributed by atoms with Gasteiger partial charge in [0.1, 0.15) is 21.7 Å². The van der Waals surface area contributed by atoms with Crippen LogP contribution in [0.2, 0.25) is 0 Å². The van der Waals surface area contributed by atoms with Crippen molar-refractivity contribution in [3.05, 3.63) is 87.2 Å². The number of nitriles is 1. The Bertz CT molecular complexity index is 1380. The molecule has 1 N–H and O–H groups in total. The van der Waals surface area contributed by atoms with E-state index in [0.29, 0.717) is 27.8 Å². The molecule has 7 heteroatoms. The summed E-state index contributed by atoms with van der Waals surface area (Å²) in [4.78, 5) is 18.1. The molecular formula is C27H23N3O2S2. The van der Waals surface area contributed by atoms with Crippen LogP contribution in [0.3, 0.4) is 0 Å². The maximum atomic E-state index is 12.4. The van der Waals surface area contributed by atoms with Crippen molar-refractivity contribution in [1.29, 1.82) is 5.26 Å². The van der Waals surface area contributed by atoms with Crippen molar-refractivity contribution < 1.29 is 9.53 Å². The molecule has 4 rings (SSSR count). The van der Waals surface area contributed by atoms with Crippen molar-refractivity contribution in [2.24, 2.45) is 0 Å². The lowest BCUT2D eigenvalue weighted by Crippen LogP contribution is -2.07. The molecule has 170 valence electrons. The topological polar surface area (TPSA) is 75.0 Å². The summed E-state index contributed by atoms with van der Waals surface area (Å²) in [5.41, 5.74) is 5.90. The van der Waals surface area contributed by atoms with Gasteiger partial charge in [0.2, 0.25) is 0 Å². The molecule has 0 atom stereocenters. The van der Waals surface area contributed by atoms with Gasteiger partial charge in [-0.1, -0.05) is 54.6 Å². The number of esters is 1. The Morgan fingerprint density at radius 1 is 1.09 bits per heavy atom. The highest BCUT2D eigenvalue weighted by Gasteiger charge is 2.20. The third-order valence-electron chi connectivity index (χ3n) is 5.36. The molecule has 0 saturated carbocycles. The number of nitrogens with one attached hydrogen (secondary N) is 1. The Balaban J connectivity index is 1.56. The van der Waals surface area contributed by atoms with Crippen LogP contribution in [0.5, 0.6) is 0 Å². The first kappa shape index (κ1) is 23.4. The number of thiazole rings is 1. The van der Waals surface area contributed by atoms with Gasteiger partial charge >= 0.3 is 5.97 Å². The van der Waals surface area contributed by atoms with Gasteiger partial charge in [0.15, 0.2) is 0 Å². The van der Waals surface area contributed by atoms with Crippen molar-refractivity contribution in [3.8, 4) is 28.5 Å². The SMILES string of the molecule is CCOC(=O)c1c(N/C=C(/C#N)c2nc(-c3ccc(-c4ccccc4)cc3)cs2)sc(C)c1C. The van der Waals surface area contributed by atoms with Crippen molar-refractivity contribution in [2.75, 3.05) is 11.9 Å². The van der Waals surface area contributed by atoms with E-state index in [-0.39, 0.29) is 5.97 Å². The first-order chi connectivity index (χ1) is 16.5. The second-order valence-electron chi connectivity index (χ2n) is 7.50. The van der Waals surface area contributed by atoms with E-state index in [0.717, 1.165) is 32.8 Å². The summed E-state index contributed by atoms with van der Waals surface area (Å²) in [5, 5.41) is 16.1. The molecule has 0 radical (unpaired) electrons. The normalized spacial score (nSPS) is 11.2. The van der Waals surface area contributed by atoms with E-state index in [1.807, 2.05) is 49.6 Å². The second kappa shape index (κ2) is 10.5. The lowest BCUT2D eigenvalue weighted by atomic mass is 10.0. The Morgan fingerprint density at radius 2 is 1.76 bits per heavy atom. The monoisotopic (exact) mass is 485 g/mol. The Labute approximate surface area is 207 Å². The minimum atomic E-state index is -0.366. The third kappa shape index (κ3) is 4.93. The number of ether oxygens (including phenoxy) is 1. The minimum absolute atomic E-state index is 0.306. The molecule has 0 aliphatic rings. The molecule has 5 nitrogen and oxygen atoms in total. The molecular weight excluding hydrogens is 462 g/mol. The van der Waals surface area contributed by atoms with E-state index in [1.165, 1.54) is 22.7 Å². The van der Waals surface area contributed by atoms with Crippen LogP contribution < -0.4 is 5.32 Å². The average molecular weight is 486 g/mol. The quantitative estimate of drug-likeness (QED) is 0.219. The van der Waals surface area contributed by atoms with Gasteiger partial charge in [0, 0.05) is 22.0 Å². The van der Waals surface area contributed by atoms with Crippen molar-refractivity contribution in [1.82, 2.24) is 4.98 Å². The zero-order chi connectivity index (χ0) is 24.1. The Morgan fingerprint density at radius 3 is 2.44 bits per heavy atom. The molecule has 0 saturated heterocycles. The number of aryl methyl sites for hydroxylation is 1. The standard InChI is InChI=1S/C27H23N3O2S2/c1-4-32-27(31)24-17(2)18(3)34-26(24)29-15-22(14-28)25-30-23(16-33-25)21-12-10-20(11-13-21)19-8-6-5-7-9-19/h5-13,15-16,29H,4H2,1-3H3/b22-15-. The highest BCUT2D eigenvalue weighted by molar-refractivity contribution is 7.16. The zero-order valence-corrected chi connectivity index (χ0v) is 20.7. The van der Waals surface area contributed by atoms with Crippen LogP contribution >= 0.6 is 22.7 Å². The first-order valence-electron chi connectivity index (χ1n) is 10.8. The van der Waals surface area contributed by atoms with Crippen molar-refractivity contribution >= 4 is 39.2 Å². The maximum Gasteiger partial charge on any atom is 0.341 e. The summed E-state index contributed by atoms with van der Waals surface area (Å²) in [6.07, 6.45) is 1.61. The molecule has 0 bridgehead atoms. The van der Waals surface area contributed by atoms with Gasteiger partial charge in [0.25, 0.3) is 0 Å². The molecule has 0 spiro atoms. The van der Waals surface area contributed by atoms with Gasteiger partial charge in [-0.25, -0.2) is 9.78 Å². The van der Waals surface area contributed by atoms with E-state index in [1.54, 1.807) is 13.1 Å². The molecule has 2 aromatic heterocycles. The first-order valence-corrected chi connectivity index (χ1v) is 12.5. The number of carbonyl (C=O) groups excluding carboxylic acids is 1. The molecule has 0 unspecified atom stereocenters. The van der Waals surface area contributed by atoms with E-state index in [9.17, 15) is 10.1 Å². The number of hydrogen-bond acceptors (Lipinski definition) is 7. The maximum absolute atomic E-state index is 12.4.